The number of carbonyl (C=O) groups excluding carboxylic acids is 2. The van der Waals surface area contributed by atoms with Crippen LogP contribution >= 0.6 is 0 Å². The van der Waals surface area contributed by atoms with Crippen LogP contribution in [0, 0.1) is 6.92 Å². The van der Waals surface area contributed by atoms with E-state index in [1.54, 1.807) is 27.9 Å². The molecule has 0 bridgehead atoms. The average molecular weight is 341 g/mol. The second kappa shape index (κ2) is 8.07. The van der Waals surface area contributed by atoms with Gasteiger partial charge in [0, 0.05) is 37.7 Å². The minimum atomic E-state index is -0.201. The Morgan fingerprint density at radius 1 is 1.28 bits per heavy atom. The lowest BCUT2D eigenvalue weighted by molar-refractivity contribution is -0.139. The van der Waals surface area contributed by atoms with Gasteiger partial charge in [-0.25, -0.2) is 0 Å². The number of benzene rings is 1. The summed E-state index contributed by atoms with van der Waals surface area (Å²) in [4.78, 5) is 26.9. The number of aryl methyl sites for hydroxylation is 2. The summed E-state index contributed by atoms with van der Waals surface area (Å²) >= 11 is 0. The number of hydrogen-bond donors (Lipinski definition) is 0. The van der Waals surface area contributed by atoms with Gasteiger partial charge in [0.05, 0.1) is 25.5 Å². The van der Waals surface area contributed by atoms with Crippen LogP contribution in [0.1, 0.15) is 28.8 Å². The number of nitrogens with zero attached hydrogens (tertiary/aromatic N) is 3. The minimum absolute atomic E-state index is 0.0385. The van der Waals surface area contributed by atoms with Crippen LogP contribution in [0.4, 0.5) is 0 Å². The highest BCUT2D eigenvalue weighted by Gasteiger charge is 2.29. The molecule has 132 valence electrons. The van der Waals surface area contributed by atoms with E-state index in [1.165, 1.54) is 0 Å². The molecular weight excluding hydrogens is 318 g/mol. The lowest BCUT2D eigenvalue weighted by Gasteiger charge is -2.35. The van der Waals surface area contributed by atoms with Crippen molar-refractivity contribution in [2.45, 2.75) is 32.4 Å². The molecule has 0 N–H and O–H groups in total. The van der Waals surface area contributed by atoms with Crippen molar-refractivity contribution < 1.29 is 14.3 Å². The SMILES string of the molecule is Cc1cnn(CCC(=O)N2CCOCC2CC(=O)c2ccccc2)c1. The predicted octanol–water partition coefficient (Wildman–Crippen LogP) is 2.08. The van der Waals surface area contributed by atoms with Crippen molar-refractivity contribution in [2.24, 2.45) is 0 Å². The summed E-state index contributed by atoms with van der Waals surface area (Å²) in [5, 5.41) is 4.21. The summed E-state index contributed by atoms with van der Waals surface area (Å²) in [6, 6.07) is 8.98. The summed E-state index contributed by atoms with van der Waals surface area (Å²) < 4.78 is 7.28. The molecule has 0 aliphatic carbocycles. The zero-order valence-corrected chi connectivity index (χ0v) is 14.4. The number of morpholine rings is 1. The van der Waals surface area contributed by atoms with Crippen LogP contribution in [-0.4, -0.2) is 52.2 Å². The maximum atomic E-state index is 12.6. The number of Topliss-reactive ketones (excluding diaryl/α,β-unsaturated/α-hetero) is 1. The Kier molecular flexibility index (Phi) is 5.60. The predicted molar refractivity (Wildman–Crippen MR) is 93.3 cm³/mol. The lowest BCUT2D eigenvalue weighted by Crippen LogP contribution is -2.49. The third-order valence-electron chi connectivity index (χ3n) is 4.38. The van der Waals surface area contributed by atoms with Crippen LogP contribution in [0.2, 0.25) is 0 Å². The zero-order chi connectivity index (χ0) is 17.6. The quantitative estimate of drug-likeness (QED) is 0.755. The van der Waals surface area contributed by atoms with E-state index in [0.717, 1.165) is 5.56 Å². The number of ether oxygens (including phenoxy) is 1. The van der Waals surface area contributed by atoms with Gasteiger partial charge >= 0.3 is 0 Å². The van der Waals surface area contributed by atoms with E-state index in [9.17, 15) is 9.59 Å². The smallest absolute Gasteiger partial charge is 0.224 e. The molecule has 1 aliphatic rings. The topological polar surface area (TPSA) is 64.4 Å². The van der Waals surface area contributed by atoms with Crippen molar-refractivity contribution in [2.75, 3.05) is 19.8 Å². The van der Waals surface area contributed by atoms with Crippen LogP contribution in [-0.2, 0) is 16.1 Å². The Morgan fingerprint density at radius 3 is 2.80 bits per heavy atom. The van der Waals surface area contributed by atoms with Gasteiger partial charge in [0.15, 0.2) is 5.78 Å². The van der Waals surface area contributed by atoms with Crippen LogP contribution in [0.15, 0.2) is 42.7 Å². The first-order valence-corrected chi connectivity index (χ1v) is 8.58. The molecule has 0 radical (unpaired) electrons. The molecule has 1 aliphatic heterocycles. The fourth-order valence-corrected chi connectivity index (χ4v) is 3.05. The first-order chi connectivity index (χ1) is 12.1. The van der Waals surface area contributed by atoms with E-state index in [0.29, 0.717) is 38.3 Å². The Morgan fingerprint density at radius 2 is 2.08 bits per heavy atom. The van der Waals surface area contributed by atoms with Gasteiger partial charge in [-0.1, -0.05) is 30.3 Å². The molecule has 1 unspecified atom stereocenters. The van der Waals surface area contributed by atoms with E-state index in [1.807, 2.05) is 31.3 Å². The van der Waals surface area contributed by atoms with Crippen molar-refractivity contribution in [1.29, 1.82) is 0 Å². The molecule has 1 atom stereocenters. The molecule has 25 heavy (non-hydrogen) atoms. The summed E-state index contributed by atoms with van der Waals surface area (Å²) in [5.41, 5.74) is 1.75. The monoisotopic (exact) mass is 341 g/mol. The van der Waals surface area contributed by atoms with E-state index < -0.39 is 0 Å². The standard InChI is InChI=1S/C19H23N3O3/c1-15-12-20-21(13-15)8-7-19(24)22-9-10-25-14-17(22)11-18(23)16-5-3-2-4-6-16/h2-6,12-13,17H,7-11,14H2,1H3. The molecule has 6 heteroatoms. The van der Waals surface area contributed by atoms with E-state index in [2.05, 4.69) is 5.10 Å². The fraction of sp³-hybridized carbons (Fsp3) is 0.421. The van der Waals surface area contributed by atoms with E-state index in [4.69, 9.17) is 4.74 Å². The Bertz CT molecular complexity index is 727. The van der Waals surface area contributed by atoms with Crippen molar-refractivity contribution in [3.63, 3.8) is 0 Å². The summed E-state index contributed by atoms with van der Waals surface area (Å²) in [6.45, 7) is 3.97. The average Bonchev–Trinajstić information content (AvgIpc) is 3.06. The first-order valence-electron chi connectivity index (χ1n) is 8.58. The highest BCUT2D eigenvalue weighted by molar-refractivity contribution is 5.96. The van der Waals surface area contributed by atoms with Gasteiger partial charge in [-0.2, -0.15) is 5.10 Å². The molecule has 1 aromatic heterocycles. The Labute approximate surface area is 147 Å². The molecule has 1 amide bonds. The van der Waals surface area contributed by atoms with Crippen LogP contribution in [0.3, 0.4) is 0 Å². The highest BCUT2D eigenvalue weighted by Crippen LogP contribution is 2.16. The van der Waals surface area contributed by atoms with E-state index >= 15 is 0 Å². The summed E-state index contributed by atoms with van der Waals surface area (Å²) in [6.07, 6.45) is 4.36. The van der Waals surface area contributed by atoms with Crippen LogP contribution < -0.4 is 0 Å². The number of hydrogen-bond acceptors (Lipinski definition) is 4. The third kappa shape index (κ3) is 4.54. The molecule has 1 aromatic carbocycles. The van der Waals surface area contributed by atoms with Gasteiger partial charge in [-0.15, -0.1) is 0 Å². The van der Waals surface area contributed by atoms with Crippen LogP contribution in [0.5, 0.6) is 0 Å². The number of carbonyl (C=O) groups is 2. The van der Waals surface area contributed by atoms with Crippen LogP contribution in [0.25, 0.3) is 0 Å². The maximum Gasteiger partial charge on any atom is 0.224 e. The van der Waals surface area contributed by atoms with Crippen molar-refractivity contribution in [1.82, 2.24) is 14.7 Å². The molecule has 0 saturated carbocycles. The largest absolute Gasteiger partial charge is 0.377 e. The van der Waals surface area contributed by atoms with Gasteiger partial charge in [0.2, 0.25) is 5.91 Å². The van der Waals surface area contributed by atoms with Crippen molar-refractivity contribution >= 4 is 11.7 Å². The molecule has 1 saturated heterocycles. The second-order valence-corrected chi connectivity index (χ2v) is 6.34. The van der Waals surface area contributed by atoms with Crippen molar-refractivity contribution in [3.05, 3.63) is 53.9 Å². The Hall–Kier alpha value is -2.47. The van der Waals surface area contributed by atoms with Crippen molar-refractivity contribution in [3.8, 4) is 0 Å². The van der Waals surface area contributed by atoms with Gasteiger partial charge in [0.25, 0.3) is 0 Å². The van der Waals surface area contributed by atoms with Gasteiger partial charge in [0.1, 0.15) is 0 Å². The molecular formula is C19H23N3O3. The van der Waals surface area contributed by atoms with Gasteiger partial charge in [-0.05, 0) is 12.5 Å². The second-order valence-electron chi connectivity index (χ2n) is 6.34. The van der Waals surface area contributed by atoms with Gasteiger partial charge < -0.3 is 9.64 Å². The summed E-state index contributed by atoms with van der Waals surface area (Å²) in [7, 11) is 0. The highest BCUT2D eigenvalue weighted by atomic mass is 16.5. The maximum absolute atomic E-state index is 12.6. The van der Waals surface area contributed by atoms with E-state index in [-0.39, 0.29) is 24.2 Å². The molecule has 2 aromatic rings. The lowest BCUT2D eigenvalue weighted by atomic mass is 10.0. The zero-order valence-electron chi connectivity index (χ0n) is 14.4. The number of rotatable bonds is 6. The molecule has 1 fully saturated rings. The van der Waals surface area contributed by atoms with Gasteiger partial charge in [-0.3, -0.25) is 14.3 Å². The molecule has 3 rings (SSSR count). The minimum Gasteiger partial charge on any atom is -0.377 e. The number of ketones is 1. The summed E-state index contributed by atoms with van der Waals surface area (Å²) in [5.74, 6) is 0.0823. The first kappa shape index (κ1) is 17.4. The molecule has 0 spiro atoms. The molecule has 6 nitrogen and oxygen atoms in total. The number of amides is 1. The Balaban J connectivity index is 1.60. The number of aromatic nitrogens is 2. The fourth-order valence-electron chi connectivity index (χ4n) is 3.05. The third-order valence-corrected chi connectivity index (χ3v) is 4.38. The normalized spacial score (nSPS) is 17.5. The molecule has 2 heterocycles.